The molecule has 2 heterocycles. The van der Waals surface area contributed by atoms with Gasteiger partial charge in [-0.3, -0.25) is 14.6 Å². The Kier molecular flexibility index (Phi) is 3.58. The summed E-state index contributed by atoms with van der Waals surface area (Å²) >= 11 is 0.925. The van der Waals surface area contributed by atoms with Crippen LogP contribution in [0.15, 0.2) is 22.4 Å². The highest BCUT2D eigenvalue weighted by Crippen LogP contribution is 2.24. The van der Waals surface area contributed by atoms with Crippen LogP contribution in [0.3, 0.4) is 0 Å². The van der Waals surface area contributed by atoms with Crippen molar-refractivity contribution >= 4 is 33.1 Å². The van der Waals surface area contributed by atoms with E-state index in [2.05, 4.69) is 14.9 Å². The van der Waals surface area contributed by atoms with Crippen molar-refractivity contribution in [3.8, 4) is 0 Å². The van der Waals surface area contributed by atoms with Gasteiger partial charge in [-0.1, -0.05) is 0 Å². The first-order valence-corrected chi connectivity index (χ1v) is 7.52. The molecular weight excluding hydrogens is 290 g/mol. The second-order valence-corrected chi connectivity index (χ2v) is 6.91. The van der Waals surface area contributed by atoms with E-state index in [1.165, 1.54) is 12.1 Å². The summed E-state index contributed by atoms with van der Waals surface area (Å²) in [4.78, 5) is 11.0. The molecule has 9 heteroatoms. The number of nitrogens with one attached hydrogen (secondary N) is 2. The Balaban J connectivity index is 2.19. The SMILES string of the molecule is Cc1cc(NS(=O)(=O)c2ccc(CC(=O)O)s2)n[nH]1. The zero-order valence-electron chi connectivity index (χ0n) is 9.87. The molecule has 0 atom stereocenters. The summed E-state index contributed by atoms with van der Waals surface area (Å²) in [6, 6.07) is 4.43. The summed E-state index contributed by atoms with van der Waals surface area (Å²) in [5.41, 5.74) is 0.732. The summed E-state index contributed by atoms with van der Waals surface area (Å²) in [6.45, 7) is 1.75. The third kappa shape index (κ3) is 3.32. The number of carboxylic acids is 1. The van der Waals surface area contributed by atoms with E-state index in [9.17, 15) is 13.2 Å². The Morgan fingerprint density at radius 3 is 2.84 bits per heavy atom. The minimum atomic E-state index is -3.72. The largest absolute Gasteiger partial charge is 0.481 e. The lowest BCUT2D eigenvalue weighted by Gasteiger charge is -2.01. The van der Waals surface area contributed by atoms with Gasteiger partial charge in [-0.05, 0) is 19.1 Å². The number of hydrogen-bond acceptors (Lipinski definition) is 5. The number of aromatic amines is 1. The Morgan fingerprint density at radius 1 is 1.53 bits per heavy atom. The maximum atomic E-state index is 12.0. The summed E-state index contributed by atoms with van der Waals surface area (Å²) in [6.07, 6.45) is -0.193. The molecule has 0 spiro atoms. The topological polar surface area (TPSA) is 112 Å². The Hall–Kier alpha value is -1.87. The molecule has 0 bridgehead atoms. The first-order chi connectivity index (χ1) is 8.87. The van der Waals surface area contributed by atoms with E-state index < -0.39 is 16.0 Å². The smallest absolute Gasteiger partial charge is 0.308 e. The number of aliphatic carboxylic acids is 1. The molecule has 102 valence electrons. The lowest BCUT2D eigenvalue weighted by atomic mass is 10.3. The van der Waals surface area contributed by atoms with Gasteiger partial charge in [0, 0.05) is 16.6 Å². The molecule has 3 N–H and O–H groups in total. The lowest BCUT2D eigenvalue weighted by molar-refractivity contribution is -0.136. The summed E-state index contributed by atoms with van der Waals surface area (Å²) in [5.74, 6) is -0.799. The average Bonchev–Trinajstić information content (AvgIpc) is 2.87. The fourth-order valence-electron chi connectivity index (χ4n) is 1.40. The number of hydrogen-bond donors (Lipinski definition) is 3. The quantitative estimate of drug-likeness (QED) is 0.768. The number of aryl methyl sites for hydroxylation is 1. The van der Waals surface area contributed by atoms with Crippen LogP contribution in [-0.2, 0) is 21.2 Å². The number of nitrogens with zero attached hydrogens (tertiary/aromatic N) is 1. The number of anilines is 1. The predicted molar refractivity (Wildman–Crippen MR) is 69.8 cm³/mol. The number of carbonyl (C=O) groups is 1. The van der Waals surface area contributed by atoms with Crippen molar-refractivity contribution in [3.63, 3.8) is 0 Å². The van der Waals surface area contributed by atoms with Crippen LogP contribution in [0.1, 0.15) is 10.6 Å². The van der Waals surface area contributed by atoms with Crippen LogP contribution in [0.4, 0.5) is 5.82 Å². The van der Waals surface area contributed by atoms with Gasteiger partial charge in [0.05, 0.1) is 6.42 Å². The van der Waals surface area contributed by atoms with Crippen LogP contribution < -0.4 is 4.72 Å². The second-order valence-electron chi connectivity index (χ2n) is 3.83. The zero-order valence-corrected chi connectivity index (χ0v) is 11.5. The van der Waals surface area contributed by atoms with Gasteiger partial charge in [-0.2, -0.15) is 5.10 Å². The molecule has 7 nitrogen and oxygen atoms in total. The lowest BCUT2D eigenvalue weighted by Crippen LogP contribution is -2.11. The van der Waals surface area contributed by atoms with Crippen LogP contribution in [0.25, 0.3) is 0 Å². The molecule has 0 saturated carbocycles. The molecule has 0 aliphatic heterocycles. The van der Waals surface area contributed by atoms with Crippen LogP contribution in [0.5, 0.6) is 0 Å². The highest BCUT2D eigenvalue weighted by molar-refractivity contribution is 7.94. The highest BCUT2D eigenvalue weighted by atomic mass is 32.2. The molecule has 0 fully saturated rings. The van der Waals surface area contributed by atoms with E-state index in [4.69, 9.17) is 5.11 Å². The third-order valence-corrected chi connectivity index (χ3v) is 5.10. The molecule has 0 radical (unpaired) electrons. The third-order valence-electron chi connectivity index (χ3n) is 2.17. The maximum Gasteiger partial charge on any atom is 0.308 e. The number of sulfonamides is 1. The maximum absolute atomic E-state index is 12.0. The number of carboxylic acid groups (broad SMARTS) is 1. The minimum absolute atomic E-state index is 0.0596. The summed E-state index contributed by atoms with van der Waals surface area (Å²) in [5, 5.41) is 15.0. The van der Waals surface area contributed by atoms with Crippen LogP contribution >= 0.6 is 11.3 Å². The molecule has 2 aromatic heterocycles. The van der Waals surface area contributed by atoms with Gasteiger partial charge in [0.2, 0.25) is 0 Å². The first kappa shape index (κ1) is 13.6. The van der Waals surface area contributed by atoms with Gasteiger partial charge < -0.3 is 5.11 Å². The molecule has 0 unspecified atom stereocenters. The van der Waals surface area contributed by atoms with Crippen molar-refractivity contribution in [2.75, 3.05) is 4.72 Å². The molecule has 2 rings (SSSR count). The number of thiophene rings is 1. The molecule has 19 heavy (non-hydrogen) atoms. The van der Waals surface area contributed by atoms with E-state index in [-0.39, 0.29) is 16.4 Å². The Labute approximate surface area is 113 Å². The van der Waals surface area contributed by atoms with Gasteiger partial charge in [0.15, 0.2) is 5.82 Å². The first-order valence-electron chi connectivity index (χ1n) is 5.22. The van der Waals surface area contributed by atoms with E-state index in [1.807, 2.05) is 0 Å². The van der Waals surface area contributed by atoms with Crippen molar-refractivity contribution in [2.24, 2.45) is 0 Å². The molecule has 0 aliphatic carbocycles. The van der Waals surface area contributed by atoms with E-state index in [0.717, 1.165) is 17.0 Å². The van der Waals surface area contributed by atoms with Gasteiger partial charge in [0.25, 0.3) is 10.0 Å². The fourth-order valence-corrected chi connectivity index (χ4v) is 3.74. The minimum Gasteiger partial charge on any atom is -0.481 e. The van der Waals surface area contributed by atoms with E-state index >= 15 is 0 Å². The zero-order chi connectivity index (χ0) is 14.0. The molecule has 0 saturated heterocycles. The fraction of sp³-hybridized carbons (Fsp3) is 0.200. The number of rotatable bonds is 5. The highest BCUT2D eigenvalue weighted by Gasteiger charge is 2.18. The van der Waals surface area contributed by atoms with Crippen molar-refractivity contribution in [3.05, 3.63) is 28.8 Å². The van der Waals surface area contributed by atoms with Crippen LogP contribution in [-0.4, -0.2) is 29.7 Å². The number of H-pyrrole nitrogens is 1. The standard InChI is InChI=1S/C10H11N3O4S2/c1-6-4-8(12-11-6)13-19(16,17)10-3-2-7(18-10)5-9(14)15/h2-4H,5H2,1H3,(H,14,15)(H2,11,12,13). The second kappa shape index (κ2) is 5.02. The summed E-state index contributed by atoms with van der Waals surface area (Å²) in [7, 11) is -3.72. The molecule has 2 aromatic rings. The van der Waals surface area contributed by atoms with Gasteiger partial charge >= 0.3 is 5.97 Å². The molecule has 0 aliphatic rings. The van der Waals surface area contributed by atoms with Crippen molar-refractivity contribution in [1.29, 1.82) is 0 Å². The summed E-state index contributed by atoms with van der Waals surface area (Å²) < 4.78 is 26.4. The van der Waals surface area contributed by atoms with Crippen LogP contribution in [0.2, 0.25) is 0 Å². The van der Waals surface area contributed by atoms with Gasteiger partial charge in [-0.25, -0.2) is 8.42 Å². The number of aromatic nitrogens is 2. The van der Waals surface area contributed by atoms with E-state index in [0.29, 0.717) is 4.88 Å². The average molecular weight is 301 g/mol. The molecule has 0 amide bonds. The Bertz CT molecular complexity index is 702. The molecular formula is C10H11N3O4S2. The van der Waals surface area contributed by atoms with Crippen molar-refractivity contribution in [2.45, 2.75) is 17.6 Å². The monoisotopic (exact) mass is 301 g/mol. The van der Waals surface area contributed by atoms with E-state index in [1.54, 1.807) is 13.0 Å². The van der Waals surface area contributed by atoms with Gasteiger partial charge in [0.1, 0.15) is 4.21 Å². The predicted octanol–water partition coefficient (Wildman–Crippen LogP) is 1.21. The normalized spacial score (nSPS) is 11.4. The van der Waals surface area contributed by atoms with Gasteiger partial charge in [-0.15, -0.1) is 11.3 Å². The van der Waals surface area contributed by atoms with Crippen molar-refractivity contribution < 1.29 is 18.3 Å². The Morgan fingerprint density at radius 2 is 2.26 bits per heavy atom. The molecule has 0 aromatic carbocycles. The van der Waals surface area contributed by atoms with Crippen molar-refractivity contribution in [1.82, 2.24) is 10.2 Å². The van der Waals surface area contributed by atoms with Crippen LogP contribution in [0, 0.1) is 6.92 Å².